The SMILES string of the molecule is N#Cc1cc(Cl)c(-n2cc3cncc(Br)c3n2)c(Cl)c1. The highest BCUT2D eigenvalue weighted by atomic mass is 79.9. The first-order chi connectivity index (χ1) is 9.60. The average Bonchev–Trinajstić information content (AvgIpc) is 2.82. The number of rotatable bonds is 1. The summed E-state index contributed by atoms with van der Waals surface area (Å²) in [6.07, 6.45) is 5.16. The van der Waals surface area contributed by atoms with E-state index in [9.17, 15) is 0 Å². The highest BCUT2D eigenvalue weighted by Gasteiger charge is 2.13. The highest BCUT2D eigenvalue weighted by Crippen LogP contribution is 2.31. The van der Waals surface area contributed by atoms with Crippen molar-refractivity contribution in [2.75, 3.05) is 0 Å². The van der Waals surface area contributed by atoms with E-state index in [-0.39, 0.29) is 0 Å². The summed E-state index contributed by atoms with van der Waals surface area (Å²) in [4.78, 5) is 4.08. The number of benzene rings is 1. The van der Waals surface area contributed by atoms with Gasteiger partial charge in [0.1, 0.15) is 11.2 Å². The highest BCUT2D eigenvalue weighted by molar-refractivity contribution is 9.10. The summed E-state index contributed by atoms with van der Waals surface area (Å²) in [7, 11) is 0. The normalized spacial score (nSPS) is 10.7. The number of fused-ring (bicyclic) bond motifs is 1. The standard InChI is InChI=1S/C13H5BrCl2N4/c14-9-5-18-4-8-6-20(19-12(8)9)13-10(15)1-7(3-17)2-11(13)16/h1-2,4-6H. The first-order valence-electron chi connectivity index (χ1n) is 5.48. The Bertz CT molecular complexity index is 843. The molecule has 0 aliphatic heterocycles. The molecule has 0 unspecified atom stereocenters. The first kappa shape index (κ1) is 13.4. The fourth-order valence-electron chi connectivity index (χ4n) is 1.87. The van der Waals surface area contributed by atoms with Crippen molar-refractivity contribution in [3.8, 4) is 11.8 Å². The maximum Gasteiger partial charge on any atom is 0.110 e. The Kier molecular flexibility index (Phi) is 3.38. The minimum atomic E-state index is 0.367. The summed E-state index contributed by atoms with van der Waals surface area (Å²) in [6.45, 7) is 0. The molecule has 3 rings (SSSR count). The zero-order valence-corrected chi connectivity index (χ0v) is 12.9. The number of halogens is 3. The van der Waals surface area contributed by atoms with Crippen molar-refractivity contribution in [2.45, 2.75) is 0 Å². The van der Waals surface area contributed by atoms with Crippen LogP contribution in [0.5, 0.6) is 0 Å². The first-order valence-corrected chi connectivity index (χ1v) is 7.03. The van der Waals surface area contributed by atoms with Gasteiger partial charge in [0.05, 0.1) is 26.2 Å². The van der Waals surface area contributed by atoms with Crippen LogP contribution in [0, 0.1) is 11.3 Å². The molecule has 0 atom stereocenters. The van der Waals surface area contributed by atoms with Crippen LogP contribution in [0.15, 0.2) is 35.2 Å². The van der Waals surface area contributed by atoms with Crippen LogP contribution in [-0.4, -0.2) is 14.8 Å². The van der Waals surface area contributed by atoms with E-state index in [1.54, 1.807) is 35.4 Å². The summed E-state index contributed by atoms with van der Waals surface area (Å²) in [5, 5.41) is 14.9. The largest absolute Gasteiger partial charge is 0.263 e. The molecule has 20 heavy (non-hydrogen) atoms. The topological polar surface area (TPSA) is 54.5 Å². The summed E-state index contributed by atoms with van der Waals surface area (Å²) in [6, 6.07) is 5.12. The molecule has 0 N–H and O–H groups in total. The average molecular weight is 368 g/mol. The minimum absolute atomic E-state index is 0.367. The van der Waals surface area contributed by atoms with Crippen molar-refractivity contribution in [1.29, 1.82) is 5.26 Å². The van der Waals surface area contributed by atoms with Crippen LogP contribution in [0.1, 0.15) is 5.56 Å². The number of hydrogen-bond acceptors (Lipinski definition) is 3. The van der Waals surface area contributed by atoms with Crippen LogP contribution >= 0.6 is 39.1 Å². The van der Waals surface area contributed by atoms with Crippen LogP contribution in [0.3, 0.4) is 0 Å². The molecule has 7 heteroatoms. The lowest BCUT2D eigenvalue weighted by Gasteiger charge is -2.07. The smallest absolute Gasteiger partial charge is 0.110 e. The number of hydrogen-bond donors (Lipinski definition) is 0. The van der Waals surface area contributed by atoms with Gasteiger partial charge in [-0.05, 0) is 28.1 Å². The van der Waals surface area contributed by atoms with Crippen molar-refractivity contribution in [2.24, 2.45) is 0 Å². The summed E-state index contributed by atoms with van der Waals surface area (Å²) in [5.74, 6) is 0. The summed E-state index contributed by atoms with van der Waals surface area (Å²) >= 11 is 15.8. The Hall–Kier alpha value is -1.61. The molecule has 0 saturated heterocycles. The molecule has 0 aliphatic carbocycles. The Morgan fingerprint density at radius 1 is 1.20 bits per heavy atom. The molecule has 4 nitrogen and oxygen atoms in total. The monoisotopic (exact) mass is 366 g/mol. The molecule has 2 heterocycles. The minimum Gasteiger partial charge on any atom is -0.263 e. The third-order valence-corrected chi connectivity index (χ3v) is 3.90. The van der Waals surface area contributed by atoms with E-state index in [0.29, 0.717) is 21.3 Å². The van der Waals surface area contributed by atoms with Crippen LogP contribution in [0.25, 0.3) is 16.6 Å². The maximum absolute atomic E-state index is 8.89. The van der Waals surface area contributed by atoms with Crippen molar-refractivity contribution in [3.63, 3.8) is 0 Å². The van der Waals surface area contributed by atoms with E-state index < -0.39 is 0 Å². The van der Waals surface area contributed by atoms with Crippen molar-refractivity contribution in [3.05, 3.63) is 50.8 Å². The third kappa shape index (κ3) is 2.16. The van der Waals surface area contributed by atoms with Gasteiger partial charge < -0.3 is 0 Å². The lowest BCUT2D eigenvalue weighted by atomic mass is 10.2. The zero-order chi connectivity index (χ0) is 14.3. The maximum atomic E-state index is 8.89. The third-order valence-electron chi connectivity index (χ3n) is 2.75. The zero-order valence-electron chi connectivity index (χ0n) is 9.81. The molecule has 0 radical (unpaired) electrons. The van der Waals surface area contributed by atoms with E-state index in [4.69, 9.17) is 28.5 Å². The molecule has 98 valence electrons. The van der Waals surface area contributed by atoms with Gasteiger partial charge in [0.2, 0.25) is 0 Å². The predicted octanol–water partition coefficient (Wildman–Crippen LogP) is 4.36. The fourth-order valence-corrected chi connectivity index (χ4v) is 2.96. The molecule has 0 spiro atoms. The van der Waals surface area contributed by atoms with Crippen molar-refractivity contribution in [1.82, 2.24) is 14.8 Å². The second-order valence-electron chi connectivity index (χ2n) is 4.03. The van der Waals surface area contributed by atoms with Crippen LogP contribution in [-0.2, 0) is 0 Å². The van der Waals surface area contributed by atoms with Gasteiger partial charge >= 0.3 is 0 Å². The number of nitrogens with zero attached hydrogens (tertiary/aromatic N) is 4. The Morgan fingerprint density at radius 3 is 2.50 bits per heavy atom. The summed E-state index contributed by atoms with van der Waals surface area (Å²) < 4.78 is 2.37. The van der Waals surface area contributed by atoms with Gasteiger partial charge in [0, 0.05) is 24.0 Å². The quantitative estimate of drug-likeness (QED) is 0.642. The number of nitriles is 1. The predicted molar refractivity (Wildman–Crippen MR) is 81.3 cm³/mol. The Labute approximate surface area is 132 Å². The van der Waals surface area contributed by atoms with Gasteiger partial charge in [-0.25, -0.2) is 4.68 Å². The van der Waals surface area contributed by atoms with Crippen molar-refractivity contribution >= 4 is 50.0 Å². The van der Waals surface area contributed by atoms with E-state index in [1.165, 1.54) is 0 Å². The van der Waals surface area contributed by atoms with Gasteiger partial charge in [0.25, 0.3) is 0 Å². The molecule has 0 aliphatic rings. The van der Waals surface area contributed by atoms with Gasteiger partial charge in [-0.15, -0.1) is 0 Å². The Balaban J connectivity index is 2.26. The Morgan fingerprint density at radius 2 is 1.90 bits per heavy atom. The van der Waals surface area contributed by atoms with Gasteiger partial charge in [0.15, 0.2) is 0 Å². The molecule has 0 bridgehead atoms. The van der Waals surface area contributed by atoms with Crippen LogP contribution in [0.2, 0.25) is 10.0 Å². The fraction of sp³-hybridized carbons (Fsp3) is 0. The molecular formula is C13H5BrCl2N4. The molecule has 0 saturated carbocycles. The summed E-state index contributed by atoms with van der Waals surface area (Å²) in [5.41, 5.74) is 1.70. The van der Waals surface area contributed by atoms with Crippen LogP contribution < -0.4 is 0 Å². The molecular weight excluding hydrogens is 363 g/mol. The molecule has 1 aromatic carbocycles. The van der Waals surface area contributed by atoms with Crippen molar-refractivity contribution < 1.29 is 0 Å². The molecule has 0 fully saturated rings. The van der Waals surface area contributed by atoms with E-state index >= 15 is 0 Å². The number of pyridine rings is 1. The number of aromatic nitrogens is 3. The lowest BCUT2D eigenvalue weighted by Crippen LogP contribution is -1.97. The second kappa shape index (κ2) is 5.06. The van der Waals surface area contributed by atoms with Gasteiger partial charge in [-0.2, -0.15) is 10.4 Å². The molecule has 2 aromatic heterocycles. The second-order valence-corrected chi connectivity index (χ2v) is 5.70. The lowest BCUT2D eigenvalue weighted by molar-refractivity contribution is 0.896. The van der Waals surface area contributed by atoms with E-state index in [2.05, 4.69) is 26.0 Å². The van der Waals surface area contributed by atoms with E-state index in [1.807, 2.05) is 6.07 Å². The molecule has 3 aromatic rings. The molecule has 0 amide bonds. The van der Waals surface area contributed by atoms with Gasteiger partial charge in [-0.3, -0.25) is 4.98 Å². The van der Waals surface area contributed by atoms with Gasteiger partial charge in [-0.1, -0.05) is 23.2 Å². The van der Waals surface area contributed by atoms with Crippen LogP contribution in [0.4, 0.5) is 0 Å². The van der Waals surface area contributed by atoms with E-state index in [0.717, 1.165) is 15.4 Å².